The largest absolute Gasteiger partial charge is 0.495 e. The summed E-state index contributed by atoms with van der Waals surface area (Å²) in [5.74, 6) is 0.438. The quantitative estimate of drug-likeness (QED) is 0.763. The number of ether oxygens (including phenoxy) is 2. The first-order valence-corrected chi connectivity index (χ1v) is 9.01. The molecule has 0 spiro atoms. The van der Waals surface area contributed by atoms with E-state index in [0.29, 0.717) is 16.5 Å². The Morgan fingerprint density at radius 2 is 1.84 bits per heavy atom. The molecule has 0 fully saturated rings. The molecule has 0 aliphatic rings. The molecule has 0 saturated heterocycles. The molecule has 2 rings (SSSR count). The van der Waals surface area contributed by atoms with Crippen molar-refractivity contribution in [2.24, 2.45) is 0 Å². The van der Waals surface area contributed by atoms with Gasteiger partial charge in [0.1, 0.15) is 11.5 Å². The molecule has 0 saturated carbocycles. The average Bonchev–Trinajstić information content (AvgIpc) is 2.60. The van der Waals surface area contributed by atoms with Gasteiger partial charge in [0.25, 0.3) is 15.9 Å². The minimum Gasteiger partial charge on any atom is -0.495 e. The number of amides is 1. The Hall–Kier alpha value is -2.45. The molecule has 0 heterocycles. The van der Waals surface area contributed by atoms with Gasteiger partial charge in [-0.15, -0.1) is 0 Å². The SMILES string of the molecule is CNC(=O)COc1ccc(S(=O)(=O)Nc2cc(Cl)ccc2OC)cc1. The molecule has 134 valence electrons. The zero-order valence-electron chi connectivity index (χ0n) is 13.6. The van der Waals surface area contributed by atoms with Crippen molar-refractivity contribution in [3.8, 4) is 11.5 Å². The second-order valence-corrected chi connectivity index (χ2v) is 7.00. The van der Waals surface area contributed by atoms with E-state index >= 15 is 0 Å². The van der Waals surface area contributed by atoms with Crippen LogP contribution in [0.1, 0.15) is 0 Å². The molecule has 0 aliphatic heterocycles. The topological polar surface area (TPSA) is 93.7 Å². The van der Waals surface area contributed by atoms with Crippen LogP contribution in [-0.4, -0.2) is 35.1 Å². The number of likely N-dealkylation sites (N-methyl/N-ethyl adjacent to an activating group) is 1. The van der Waals surface area contributed by atoms with E-state index in [-0.39, 0.29) is 23.1 Å². The lowest BCUT2D eigenvalue weighted by atomic mass is 10.3. The van der Waals surface area contributed by atoms with Gasteiger partial charge in [-0.1, -0.05) is 11.6 Å². The third kappa shape index (κ3) is 5.01. The van der Waals surface area contributed by atoms with Gasteiger partial charge in [-0.05, 0) is 42.5 Å². The number of sulfonamides is 1. The maximum absolute atomic E-state index is 12.5. The zero-order chi connectivity index (χ0) is 18.4. The lowest BCUT2D eigenvalue weighted by Gasteiger charge is -2.12. The molecule has 7 nitrogen and oxygen atoms in total. The van der Waals surface area contributed by atoms with Gasteiger partial charge in [-0.3, -0.25) is 9.52 Å². The number of carbonyl (C=O) groups excluding carboxylic acids is 1. The summed E-state index contributed by atoms with van der Waals surface area (Å²) < 4.78 is 37.8. The van der Waals surface area contributed by atoms with E-state index in [0.717, 1.165) is 0 Å². The van der Waals surface area contributed by atoms with E-state index in [1.165, 1.54) is 44.5 Å². The molecule has 2 aromatic carbocycles. The summed E-state index contributed by atoms with van der Waals surface area (Å²) >= 11 is 5.90. The van der Waals surface area contributed by atoms with E-state index < -0.39 is 10.0 Å². The van der Waals surface area contributed by atoms with Gasteiger partial charge < -0.3 is 14.8 Å². The highest BCUT2D eigenvalue weighted by Gasteiger charge is 2.17. The Labute approximate surface area is 151 Å². The highest BCUT2D eigenvalue weighted by atomic mass is 35.5. The van der Waals surface area contributed by atoms with E-state index in [4.69, 9.17) is 21.1 Å². The number of nitrogens with one attached hydrogen (secondary N) is 2. The van der Waals surface area contributed by atoms with Gasteiger partial charge in [0, 0.05) is 12.1 Å². The summed E-state index contributed by atoms with van der Waals surface area (Å²) in [4.78, 5) is 11.2. The highest BCUT2D eigenvalue weighted by molar-refractivity contribution is 7.92. The normalized spacial score (nSPS) is 10.8. The molecule has 1 amide bonds. The number of hydrogen-bond acceptors (Lipinski definition) is 5. The van der Waals surface area contributed by atoms with Gasteiger partial charge in [-0.25, -0.2) is 8.42 Å². The van der Waals surface area contributed by atoms with E-state index in [2.05, 4.69) is 10.0 Å². The number of methoxy groups -OCH3 is 1. The van der Waals surface area contributed by atoms with Crippen LogP contribution < -0.4 is 19.5 Å². The first-order chi connectivity index (χ1) is 11.9. The van der Waals surface area contributed by atoms with Crippen molar-refractivity contribution in [1.29, 1.82) is 0 Å². The zero-order valence-corrected chi connectivity index (χ0v) is 15.1. The van der Waals surface area contributed by atoms with Crippen LogP contribution in [0.15, 0.2) is 47.4 Å². The van der Waals surface area contributed by atoms with Crippen LogP contribution in [0.4, 0.5) is 5.69 Å². The van der Waals surface area contributed by atoms with Crippen LogP contribution >= 0.6 is 11.6 Å². The fourth-order valence-electron chi connectivity index (χ4n) is 1.90. The van der Waals surface area contributed by atoms with Crippen molar-refractivity contribution in [2.75, 3.05) is 25.5 Å². The molecule has 0 aromatic heterocycles. The highest BCUT2D eigenvalue weighted by Crippen LogP contribution is 2.30. The Morgan fingerprint density at radius 3 is 2.44 bits per heavy atom. The molecular weight excluding hydrogens is 368 g/mol. The number of benzene rings is 2. The predicted octanol–water partition coefficient (Wildman–Crippen LogP) is 2.27. The van der Waals surface area contributed by atoms with Gasteiger partial charge in [0.2, 0.25) is 0 Å². The minimum atomic E-state index is -3.84. The summed E-state index contributed by atoms with van der Waals surface area (Å²) in [6.07, 6.45) is 0. The van der Waals surface area contributed by atoms with E-state index in [1.54, 1.807) is 12.1 Å². The summed E-state index contributed by atoms with van der Waals surface area (Å²) in [5, 5.41) is 2.79. The van der Waals surface area contributed by atoms with Crippen molar-refractivity contribution in [2.45, 2.75) is 4.90 Å². The standard InChI is InChI=1S/C16H17ClN2O5S/c1-18-16(20)10-24-12-4-6-13(7-5-12)25(21,22)19-14-9-11(17)3-8-15(14)23-2/h3-9,19H,10H2,1-2H3,(H,18,20). The van der Waals surface area contributed by atoms with E-state index in [9.17, 15) is 13.2 Å². The van der Waals surface area contributed by atoms with Gasteiger partial charge in [0.15, 0.2) is 6.61 Å². The maximum Gasteiger partial charge on any atom is 0.262 e. The molecule has 2 aromatic rings. The monoisotopic (exact) mass is 384 g/mol. The second kappa shape index (κ2) is 8.09. The Bertz CT molecular complexity index is 853. The summed E-state index contributed by atoms with van der Waals surface area (Å²) in [7, 11) is -0.912. The summed E-state index contributed by atoms with van der Waals surface area (Å²) in [6, 6.07) is 10.3. The molecule has 25 heavy (non-hydrogen) atoms. The van der Waals surface area contributed by atoms with Crippen LogP contribution in [0.25, 0.3) is 0 Å². The molecule has 0 radical (unpaired) electrons. The Balaban J connectivity index is 2.17. The lowest BCUT2D eigenvalue weighted by Crippen LogP contribution is -2.24. The maximum atomic E-state index is 12.5. The molecule has 0 bridgehead atoms. The number of carbonyl (C=O) groups is 1. The third-order valence-corrected chi connectivity index (χ3v) is 4.81. The second-order valence-electron chi connectivity index (χ2n) is 4.88. The van der Waals surface area contributed by atoms with Crippen molar-refractivity contribution in [1.82, 2.24) is 5.32 Å². The third-order valence-electron chi connectivity index (χ3n) is 3.19. The fourth-order valence-corrected chi connectivity index (χ4v) is 3.13. The Morgan fingerprint density at radius 1 is 1.16 bits per heavy atom. The molecule has 2 N–H and O–H groups in total. The van der Waals surface area contributed by atoms with Gasteiger partial charge in [0.05, 0.1) is 17.7 Å². The summed E-state index contributed by atoms with van der Waals surface area (Å²) in [6.45, 7) is -0.152. The molecule has 0 atom stereocenters. The van der Waals surface area contributed by atoms with Crippen LogP contribution in [0.3, 0.4) is 0 Å². The van der Waals surface area contributed by atoms with Crippen LogP contribution in [0, 0.1) is 0 Å². The molecular formula is C16H17ClN2O5S. The van der Waals surface area contributed by atoms with Gasteiger partial charge in [-0.2, -0.15) is 0 Å². The number of hydrogen-bond donors (Lipinski definition) is 2. The fraction of sp³-hybridized carbons (Fsp3) is 0.188. The number of anilines is 1. The van der Waals surface area contributed by atoms with Crippen molar-refractivity contribution in [3.63, 3.8) is 0 Å². The smallest absolute Gasteiger partial charge is 0.262 e. The number of halogens is 1. The molecule has 9 heteroatoms. The summed E-state index contributed by atoms with van der Waals surface area (Å²) in [5.41, 5.74) is 0.231. The average molecular weight is 385 g/mol. The van der Waals surface area contributed by atoms with Crippen molar-refractivity contribution in [3.05, 3.63) is 47.5 Å². The first kappa shape index (κ1) is 18.9. The predicted molar refractivity (Wildman–Crippen MR) is 94.8 cm³/mol. The van der Waals surface area contributed by atoms with Gasteiger partial charge >= 0.3 is 0 Å². The van der Waals surface area contributed by atoms with Crippen LogP contribution in [0.2, 0.25) is 5.02 Å². The minimum absolute atomic E-state index is 0.0295. The molecule has 0 aliphatic carbocycles. The number of rotatable bonds is 7. The lowest BCUT2D eigenvalue weighted by molar-refractivity contribution is -0.122. The van der Waals surface area contributed by atoms with E-state index in [1.807, 2.05) is 0 Å². The van der Waals surface area contributed by atoms with Crippen LogP contribution in [0.5, 0.6) is 11.5 Å². The first-order valence-electron chi connectivity index (χ1n) is 7.15. The van der Waals surface area contributed by atoms with Crippen LogP contribution in [-0.2, 0) is 14.8 Å². The van der Waals surface area contributed by atoms with Crippen molar-refractivity contribution < 1.29 is 22.7 Å². The Kier molecular flexibility index (Phi) is 6.11. The van der Waals surface area contributed by atoms with Crippen molar-refractivity contribution >= 4 is 33.2 Å². The molecule has 0 unspecified atom stereocenters.